The molecule has 3 atom stereocenters. The largest absolute Gasteiger partial charge is 0.464 e. The van der Waals surface area contributed by atoms with Gasteiger partial charge in [-0.05, 0) is 32.1 Å². The molecule has 1 aliphatic rings. The molecule has 1 fully saturated rings. The van der Waals surface area contributed by atoms with Crippen molar-refractivity contribution in [3.05, 3.63) is 0 Å². The predicted molar refractivity (Wildman–Crippen MR) is 65.6 cm³/mol. The number of carbonyl (C=O) groups excluding carboxylic acids is 2. The minimum Gasteiger partial charge on any atom is -0.464 e. The van der Waals surface area contributed by atoms with Gasteiger partial charge in [-0.25, -0.2) is 4.79 Å². The molecule has 18 heavy (non-hydrogen) atoms. The molecule has 0 aromatic rings. The molecule has 0 heterocycles. The van der Waals surface area contributed by atoms with E-state index in [1.54, 1.807) is 6.92 Å². The van der Waals surface area contributed by atoms with E-state index in [0.717, 1.165) is 19.3 Å². The molecular formula is C12H22N2O4. The van der Waals surface area contributed by atoms with Crippen molar-refractivity contribution in [1.82, 2.24) is 5.32 Å². The number of rotatable bonds is 5. The lowest BCUT2D eigenvalue weighted by Gasteiger charge is -2.26. The Balaban J connectivity index is 2.29. The maximum absolute atomic E-state index is 11.6. The molecule has 0 radical (unpaired) electrons. The van der Waals surface area contributed by atoms with E-state index in [1.807, 2.05) is 0 Å². The number of ether oxygens (including phenoxy) is 1. The first-order chi connectivity index (χ1) is 8.54. The SMILES string of the molecule is CCOC(=O)C(N)C(=O)NCC1CCCC(O)C1. The first-order valence-electron chi connectivity index (χ1n) is 6.42. The number of aliphatic hydroxyl groups is 1. The standard InChI is InChI=1S/C12H22N2O4/c1-2-18-12(17)10(13)11(16)14-7-8-4-3-5-9(15)6-8/h8-10,15H,2-7,13H2,1H3,(H,14,16). The fraction of sp³-hybridized carbons (Fsp3) is 0.833. The van der Waals surface area contributed by atoms with Crippen molar-refractivity contribution in [3.63, 3.8) is 0 Å². The van der Waals surface area contributed by atoms with Crippen molar-refractivity contribution >= 4 is 11.9 Å². The molecule has 6 nitrogen and oxygen atoms in total. The van der Waals surface area contributed by atoms with Gasteiger partial charge in [-0.15, -0.1) is 0 Å². The summed E-state index contributed by atoms with van der Waals surface area (Å²) >= 11 is 0. The Bertz CT molecular complexity index is 296. The van der Waals surface area contributed by atoms with E-state index in [1.165, 1.54) is 0 Å². The van der Waals surface area contributed by atoms with Crippen LogP contribution in [0.5, 0.6) is 0 Å². The molecule has 0 aromatic heterocycles. The van der Waals surface area contributed by atoms with Crippen molar-refractivity contribution in [3.8, 4) is 0 Å². The Kier molecular flexibility index (Phi) is 6.07. The first-order valence-corrected chi connectivity index (χ1v) is 6.42. The van der Waals surface area contributed by atoms with E-state index in [9.17, 15) is 14.7 Å². The highest BCUT2D eigenvalue weighted by Gasteiger charge is 2.25. The summed E-state index contributed by atoms with van der Waals surface area (Å²) < 4.78 is 4.67. The molecule has 0 spiro atoms. The van der Waals surface area contributed by atoms with Crippen molar-refractivity contribution in [1.29, 1.82) is 0 Å². The fourth-order valence-corrected chi connectivity index (χ4v) is 2.14. The Morgan fingerprint density at radius 3 is 2.83 bits per heavy atom. The lowest BCUT2D eigenvalue weighted by atomic mass is 9.87. The average molecular weight is 258 g/mol. The van der Waals surface area contributed by atoms with Crippen LogP contribution in [-0.4, -0.2) is 42.3 Å². The molecule has 1 saturated carbocycles. The molecular weight excluding hydrogens is 236 g/mol. The summed E-state index contributed by atoms with van der Waals surface area (Å²) in [5, 5.41) is 12.1. The highest BCUT2D eigenvalue weighted by Crippen LogP contribution is 2.23. The van der Waals surface area contributed by atoms with Crippen molar-refractivity contribution in [2.45, 2.75) is 44.8 Å². The van der Waals surface area contributed by atoms with Gasteiger partial charge in [-0.1, -0.05) is 6.42 Å². The number of nitrogens with one attached hydrogen (secondary N) is 1. The highest BCUT2D eigenvalue weighted by atomic mass is 16.5. The molecule has 6 heteroatoms. The monoisotopic (exact) mass is 258 g/mol. The average Bonchev–Trinajstić information content (AvgIpc) is 2.35. The number of esters is 1. The highest BCUT2D eigenvalue weighted by molar-refractivity contribution is 6.01. The van der Waals surface area contributed by atoms with Crippen LogP contribution in [0.1, 0.15) is 32.6 Å². The minimum atomic E-state index is -1.27. The molecule has 1 aliphatic carbocycles. The van der Waals surface area contributed by atoms with Crippen LogP contribution in [0, 0.1) is 5.92 Å². The summed E-state index contributed by atoms with van der Waals surface area (Å²) in [5.41, 5.74) is 5.45. The Morgan fingerprint density at radius 2 is 2.22 bits per heavy atom. The number of hydrogen-bond donors (Lipinski definition) is 3. The van der Waals surface area contributed by atoms with Gasteiger partial charge in [0.25, 0.3) is 0 Å². The maximum atomic E-state index is 11.6. The molecule has 0 bridgehead atoms. The molecule has 3 unspecified atom stereocenters. The Labute approximate surface area is 107 Å². The molecule has 104 valence electrons. The van der Waals surface area contributed by atoms with Crippen LogP contribution in [-0.2, 0) is 14.3 Å². The predicted octanol–water partition coefficient (Wildman–Crippen LogP) is -0.456. The number of aliphatic hydroxyl groups excluding tert-OH is 1. The summed E-state index contributed by atoms with van der Waals surface area (Å²) in [6.45, 7) is 2.31. The number of nitrogens with two attached hydrogens (primary N) is 1. The van der Waals surface area contributed by atoms with E-state index in [4.69, 9.17) is 5.73 Å². The van der Waals surface area contributed by atoms with Crippen molar-refractivity contribution in [2.24, 2.45) is 11.7 Å². The minimum absolute atomic E-state index is 0.203. The van der Waals surface area contributed by atoms with E-state index in [-0.39, 0.29) is 18.6 Å². The van der Waals surface area contributed by atoms with Gasteiger partial charge in [0.05, 0.1) is 12.7 Å². The van der Waals surface area contributed by atoms with Gasteiger partial charge < -0.3 is 20.9 Å². The quantitative estimate of drug-likeness (QED) is 0.458. The van der Waals surface area contributed by atoms with E-state index >= 15 is 0 Å². The zero-order valence-corrected chi connectivity index (χ0v) is 10.7. The zero-order chi connectivity index (χ0) is 13.5. The lowest BCUT2D eigenvalue weighted by molar-refractivity contribution is -0.148. The van der Waals surface area contributed by atoms with Crippen LogP contribution >= 0.6 is 0 Å². The second kappa shape index (κ2) is 7.33. The number of carbonyl (C=O) groups is 2. The van der Waals surface area contributed by atoms with Crippen LogP contribution in [0.2, 0.25) is 0 Å². The zero-order valence-electron chi connectivity index (χ0n) is 10.7. The molecule has 0 saturated heterocycles. The third kappa shape index (κ3) is 4.62. The third-order valence-corrected chi connectivity index (χ3v) is 3.14. The van der Waals surface area contributed by atoms with Gasteiger partial charge in [0, 0.05) is 6.54 Å². The molecule has 4 N–H and O–H groups in total. The summed E-state index contributed by atoms with van der Waals surface area (Å²) in [6, 6.07) is -1.27. The summed E-state index contributed by atoms with van der Waals surface area (Å²) in [5.74, 6) is -0.973. The topological polar surface area (TPSA) is 102 Å². The van der Waals surface area contributed by atoms with E-state index in [2.05, 4.69) is 10.1 Å². The van der Waals surface area contributed by atoms with Gasteiger partial charge in [0.15, 0.2) is 6.04 Å². The van der Waals surface area contributed by atoms with E-state index < -0.39 is 17.9 Å². The van der Waals surface area contributed by atoms with E-state index in [0.29, 0.717) is 13.0 Å². The summed E-state index contributed by atoms with van der Waals surface area (Å²) in [4.78, 5) is 22.8. The first kappa shape index (κ1) is 14.9. The molecule has 0 aliphatic heterocycles. The van der Waals surface area contributed by atoms with Gasteiger partial charge in [0.2, 0.25) is 5.91 Å². The van der Waals surface area contributed by atoms with Gasteiger partial charge in [0.1, 0.15) is 0 Å². The Morgan fingerprint density at radius 1 is 1.50 bits per heavy atom. The Hall–Kier alpha value is -1.14. The molecule has 1 amide bonds. The van der Waals surface area contributed by atoms with Gasteiger partial charge >= 0.3 is 5.97 Å². The number of amides is 1. The van der Waals surface area contributed by atoms with Crippen LogP contribution in [0.4, 0.5) is 0 Å². The van der Waals surface area contributed by atoms with Crippen LogP contribution in [0.15, 0.2) is 0 Å². The van der Waals surface area contributed by atoms with Crippen LogP contribution in [0.25, 0.3) is 0 Å². The second-order valence-electron chi connectivity index (χ2n) is 4.66. The second-order valence-corrected chi connectivity index (χ2v) is 4.66. The third-order valence-electron chi connectivity index (χ3n) is 3.14. The molecule has 0 aromatic carbocycles. The van der Waals surface area contributed by atoms with Crippen LogP contribution in [0.3, 0.4) is 0 Å². The van der Waals surface area contributed by atoms with Crippen LogP contribution < -0.4 is 11.1 Å². The normalized spacial score (nSPS) is 25.3. The van der Waals surface area contributed by atoms with Gasteiger partial charge in [-0.2, -0.15) is 0 Å². The van der Waals surface area contributed by atoms with Gasteiger partial charge in [-0.3, -0.25) is 4.79 Å². The smallest absolute Gasteiger partial charge is 0.332 e. The fourth-order valence-electron chi connectivity index (χ4n) is 2.14. The lowest BCUT2D eigenvalue weighted by Crippen LogP contribution is -2.48. The number of hydrogen-bond acceptors (Lipinski definition) is 5. The summed E-state index contributed by atoms with van der Waals surface area (Å²) in [6.07, 6.45) is 3.18. The van der Waals surface area contributed by atoms with Crippen molar-refractivity contribution < 1.29 is 19.4 Å². The van der Waals surface area contributed by atoms with Crippen molar-refractivity contribution in [2.75, 3.05) is 13.2 Å². The maximum Gasteiger partial charge on any atom is 0.332 e. The molecule has 1 rings (SSSR count). The summed E-state index contributed by atoms with van der Waals surface area (Å²) in [7, 11) is 0.